The molecule has 1 aromatic heterocycles. The Kier molecular flexibility index (Phi) is 6.27. The number of methoxy groups -OCH3 is 1. The van der Waals surface area contributed by atoms with E-state index < -0.39 is 15.9 Å². The minimum absolute atomic E-state index is 0.142. The molecule has 1 atom stereocenters. The van der Waals surface area contributed by atoms with Gasteiger partial charge in [-0.3, -0.25) is 4.79 Å². The number of fused-ring (bicyclic) bond motifs is 1. The van der Waals surface area contributed by atoms with Crippen LogP contribution in [0.1, 0.15) is 12.8 Å². The second kappa shape index (κ2) is 9.52. The van der Waals surface area contributed by atoms with E-state index >= 15 is 0 Å². The number of hydrogen-bond acceptors (Lipinski definition) is 5. The maximum atomic E-state index is 13.1. The molecule has 0 spiro atoms. The third-order valence-corrected chi connectivity index (χ3v) is 8.12. The maximum absolute atomic E-state index is 13.1. The minimum Gasteiger partial charge on any atom is -0.497 e. The molecule has 0 radical (unpaired) electrons. The topological polar surface area (TPSA) is 104 Å². The number of nitrogens with zero attached hydrogens (tertiary/aromatic N) is 2. The summed E-state index contributed by atoms with van der Waals surface area (Å²) in [6.45, 7) is 0.531. The normalized spacial score (nSPS) is 16.8. The highest BCUT2D eigenvalue weighted by Crippen LogP contribution is 2.27. The highest BCUT2D eigenvalue weighted by molar-refractivity contribution is 7.89. The van der Waals surface area contributed by atoms with Crippen LogP contribution in [-0.2, 0) is 14.8 Å². The average Bonchev–Trinajstić information content (AvgIpc) is 3.33. The second-order valence-corrected chi connectivity index (χ2v) is 10.5. The third kappa shape index (κ3) is 4.78. The van der Waals surface area contributed by atoms with Crippen molar-refractivity contribution < 1.29 is 17.9 Å². The molecule has 9 heteroatoms. The number of H-pyrrole nitrogens is 1. The zero-order chi connectivity index (χ0) is 24.4. The lowest BCUT2D eigenvalue weighted by atomic mass is 9.98. The second-order valence-electron chi connectivity index (χ2n) is 8.55. The third-order valence-electron chi connectivity index (χ3n) is 6.25. The van der Waals surface area contributed by atoms with E-state index in [9.17, 15) is 13.2 Å². The predicted octanol–water partition coefficient (Wildman–Crippen LogP) is 4.28. The van der Waals surface area contributed by atoms with Crippen molar-refractivity contribution in [2.75, 3.05) is 25.5 Å². The summed E-state index contributed by atoms with van der Waals surface area (Å²) < 4.78 is 32.8. The number of ether oxygens (including phenoxy) is 1. The van der Waals surface area contributed by atoms with Crippen molar-refractivity contribution in [2.24, 2.45) is 5.92 Å². The molecule has 4 aromatic rings. The Labute approximate surface area is 204 Å². The summed E-state index contributed by atoms with van der Waals surface area (Å²) in [6.07, 6.45) is 1.25. The molecular weight excluding hydrogens is 464 g/mol. The van der Waals surface area contributed by atoms with Crippen LogP contribution < -0.4 is 10.1 Å². The molecule has 1 aliphatic rings. The van der Waals surface area contributed by atoms with Crippen LogP contribution in [-0.4, -0.2) is 48.8 Å². The van der Waals surface area contributed by atoms with Gasteiger partial charge >= 0.3 is 0 Å². The number of carbonyl (C=O) groups excluding carboxylic acids is 1. The SMILES string of the molecule is COc1ccc(S(=O)(=O)N2CCCC(C(=O)Nc3cccc(-c4nc5ccccc5[nH]4)c3)C2)cc1. The van der Waals surface area contributed by atoms with Gasteiger partial charge < -0.3 is 15.0 Å². The fourth-order valence-corrected chi connectivity index (χ4v) is 5.87. The number of hydrogen-bond donors (Lipinski definition) is 2. The number of para-hydroxylation sites is 2. The van der Waals surface area contributed by atoms with Crippen molar-refractivity contribution in [1.82, 2.24) is 14.3 Å². The zero-order valence-corrected chi connectivity index (χ0v) is 20.1. The zero-order valence-electron chi connectivity index (χ0n) is 19.3. The smallest absolute Gasteiger partial charge is 0.243 e. The molecular formula is C26H26N4O4S. The summed E-state index contributed by atoms with van der Waals surface area (Å²) in [5.74, 6) is 0.675. The van der Waals surface area contributed by atoms with Gasteiger partial charge in [0.15, 0.2) is 0 Å². The largest absolute Gasteiger partial charge is 0.497 e. The summed E-state index contributed by atoms with van der Waals surface area (Å²) in [4.78, 5) is 21.2. The summed E-state index contributed by atoms with van der Waals surface area (Å²) in [7, 11) is -2.17. The molecule has 0 saturated carbocycles. The first-order valence-electron chi connectivity index (χ1n) is 11.4. The molecule has 0 aliphatic carbocycles. The molecule has 1 amide bonds. The number of amides is 1. The van der Waals surface area contributed by atoms with Crippen LogP contribution in [0.5, 0.6) is 5.75 Å². The first-order chi connectivity index (χ1) is 16.9. The Morgan fingerprint density at radius 1 is 1.09 bits per heavy atom. The van der Waals surface area contributed by atoms with Gasteiger partial charge in [-0.2, -0.15) is 4.31 Å². The summed E-state index contributed by atoms with van der Waals surface area (Å²) >= 11 is 0. The number of aromatic nitrogens is 2. The van der Waals surface area contributed by atoms with Gasteiger partial charge in [0.1, 0.15) is 11.6 Å². The number of nitrogens with one attached hydrogen (secondary N) is 2. The Morgan fingerprint density at radius 3 is 2.66 bits per heavy atom. The molecule has 5 rings (SSSR count). The number of anilines is 1. The Hall–Kier alpha value is -3.69. The standard InChI is InChI=1S/C26H26N4O4S/c1-34-21-11-13-22(14-12-21)35(32,33)30-15-5-7-19(17-30)26(31)27-20-8-4-6-18(16-20)25-28-23-9-2-3-10-24(23)29-25/h2-4,6,8-14,16,19H,5,7,15,17H2,1H3,(H,27,31)(H,28,29). The fourth-order valence-electron chi connectivity index (χ4n) is 4.35. The Bertz CT molecular complexity index is 1430. The number of aromatic amines is 1. The van der Waals surface area contributed by atoms with Crippen molar-refractivity contribution >= 4 is 32.7 Å². The number of imidazole rings is 1. The Balaban J connectivity index is 1.29. The molecule has 1 unspecified atom stereocenters. The van der Waals surface area contributed by atoms with Crippen LogP contribution in [0.4, 0.5) is 5.69 Å². The van der Waals surface area contributed by atoms with Crippen molar-refractivity contribution in [2.45, 2.75) is 17.7 Å². The van der Waals surface area contributed by atoms with Crippen LogP contribution in [0.15, 0.2) is 77.7 Å². The molecule has 1 saturated heterocycles. The van der Waals surface area contributed by atoms with Crippen LogP contribution >= 0.6 is 0 Å². The quantitative estimate of drug-likeness (QED) is 0.420. The van der Waals surface area contributed by atoms with Crippen molar-refractivity contribution in [3.05, 3.63) is 72.8 Å². The number of benzene rings is 3. The van der Waals surface area contributed by atoms with Crippen LogP contribution in [0.2, 0.25) is 0 Å². The van der Waals surface area contributed by atoms with E-state index in [1.807, 2.05) is 48.5 Å². The molecule has 8 nitrogen and oxygen atoms in total. The average molecular weight is 491 g/mol. The van der Waals surface area contributed by atoms with Crippen molar-refractivity contribution in [3.63, 3.8) is 0 Å². The first kappa shape index (κ1) is 23.1. The van der Waals surface area contributed by atoms with Gasteiger partial charge in [0, 0.05) is 24.3 Å². The van der Waals surface area contributed by atoms with Gasteiger partial charge in [-0.25, -0.2) is 13.4 Å². The molecule has 3 aromatic carbocycles. The number of carbonyl (C=O) groups is 1. The number of rotatable bonds is 6. The lowest BCUT2D eigenvalue weighted by Gasteiger charge is -2.31. The predicted molar refractivity (Wildman–Crippen MR) is 135 cm³/mol. The van der Waals surface area contributed by atoms with E-state index in [0.717, 1.165) is 22.4 Å². The van der Waals surface area contributed by atoms with E-state index in [4.69, 9.17) is 4.74 Å². The number of piperidine rings is 1. The molecule has 0 bridgehead atoms. The first-order valence-corrected chi connectivity index (χ1v) is 12.9. The van der Waals surface area contributed by atoms with E-state index in [-0.39, 0.29) is 17.3 Å². The molecule has 35 heavy (non-hydrogen) atoms. The Morgan fingerprint density at radius 2 is 1.89 bits per heavy atom. The summed E-state index contributed by atoms with van der Waals surface area (Å²) in [6, 6.07) is 21.6. The summed E-state index contributed by atoms with van der Waals surface area (Å²) in [5.41, 5.74) is 3.31. The highest BCUT2D eigenvalue weighted by Gasteiger charge is 2.33. The molecule has 2 heterocycles. The minimum atomic E-state index is -3.70. The van der Waals surface area contributed by atoms with Crippen molar-refractivity contribution in [1.29, 1.82) is 0 Å². The van der Waals surface area contributed by atoms with Gasteiger partial charge in [-0.1, -0.05) is 24.3 Å². The van der Waals surface area contributed by atoms with Crippen LogP contribution in [0.3, 0.4) is 0 Å². The van der Waals surface area contributed by atoms with E-state index in [0.29, 0.717) is 30.8 Å². The van der Waals surface area contributed by atoms with Crippen LogP contribution in [0, 0.1) is 5.92 Å². The monoisotopic (exact) mass is 490 g/mol. The lowest BCUT2D eigenvalue weighted by molar-refractivity contribution is -0.120. The highest BCUT2D eigenvalue weighted by atomic mass is 32.2. The molecule has 180 valence electrons. The number of sulfonamides is 1. The van der Waals surface area contributed by atoms with Gasteiger partial charge in [-0.05, 0) is 61.4 Å². The van der Waals surface area contributed by atoms with Crippen molar-refractivity contribution in [3.8, 4) is 17.1 Å². The van der Waals surface area contributed by atoms with Gasteiger partial charge in [-0.15, -0.1) is 0 Å². The van der Waals surface area contributed by atoms with Gasteiger partial charge in [0.25, 0.3) is 0 Å². The van der Waals surface area contributed by atoms with E-state index in [1.54, 1.807) is 12.1 Å². The molecule has 2 N–H and O–H groups in total. The molecule has 1 aliphatic heterocycles. The van der Waals surface area contributed by atoms with Crippen LogP contribution in [0.25, 0.3) is 22.4 Å². The van der Waals surface area contributed by atoms with E-state index in [2.05, 4.69) is 15.3 Å². The summed E-state index contributed by atoms with van der Waals surface area (Å²) in [5, 5.41) is 2.96. The maximum Gasteiger partial charge on any atom is 0.243 e. The van der Waals surface area contributed by atoms with E-state index in [1.165, 1.54) is 23.5 Å². The molecule has 1 fully saturated rings. The van der Waals surface area contributed by atoms with Gasteiger partial charge in [0.2, 0.25) is 15.9 Å². The lowest BCUT2D eigenvalue weighted by Crippen LogP contribution is -2.43. The van der Waals surface area contributed by atoms with Gasteiger partial charge in [0.05, 0.1) is 29.0 Å². The fraction of sp³-hybridized carbons (Fsp3) is 0.231.